The number of aliphatic imine (C=N–C) groups is 1. The topological polar surface area (TPSA) is 69.2 Å². The van der Waals surface area contributed by atoms with Crippen molar-refractivity contribution in [3.8, 4) is 5.75 Å². The SMILES string of the molecule is CN=C(NCCc1cccc(C(=O)NC)c1)N1CCN(c2ccccc2OC)CC1.I. The molecule has 1 amide bonds. The predicted molar refractivity (Wildman–Crippen MR) is 137 cm³/mol. The van der Waals surface area contributed by atoms with E-state index in [2.05, 4.69) is 31.5 Å². The van der Waals surface area contributed by atoms with E-state index in [1.165, 1.54) is 0 Å². The number of hydrogen-bond donors (Lipinski definition) is 2. The Morgan fingerprint density at radius 2 is 1.84 bits per heavy atom. The first-order valence-electron chi connectivity index (χ1n) is 10.3. The fraction of sp³-hybridized carbons (Fsp3) is 0.391. The van der Waals surface area contributed by atoms with E-state index in [9.17, 15) is 4.79 Å². The summed E-state index contributed by atoms with van der Waals surface area (Å²) in [6.45, 7) is 4.37. The van der Waals surface area contributed by atoms with E-state index < -0.39 is 0 Å². The minimum atomic E-state index is -0.0615. The van der Waals surface area contributed by atoms with Gasteiger partial charge in [0.15, 0.2) is 5.96 Å². The smallest absolute Gasteiger partial charge is 0.251 e. The van der Waals surface area contributed by atoms with Crippen molar-refractivity contribution in [1.29, 1.82) is 0 Å². The van der Waals surface area contributed by atoms with Gasteiger partial charge in [-0.15, -0.1) is 24.0 Å². The Balaban J connectivity index is 0.00000341. The lowest BCUT2D eigenvalue weighted by molar-refractivity contribution is 0.0963. The van der Waals surface area contributed by atoms with E-state index in [1.54, 1.807) is 14.2 Å². The third kappa shape index (κ3) is 6.49. The quantitative estimate of drug-likeness (QED) is 0.337. The summed E-state index contributed by atoms with van der Waals surface area (Å²) in [6, 6.07) is 15.9. The number of carbonyl (C=O) groups excluding carboxylic acids is 1. The van der Waals surface area contributed by atoms with Crippen LogP contribution < -0.4 is 20.3 Å². The van der Waals surface area contributed by atoms with Gasteiger partial charge in [0.05, 0.1) is 12.8 Å². The second-order valence-electron chi connectivity index (χ2n) is 7.15. The zero-order valence-corrected chi connectivity index (χ0v) is 20.8. The van der Waals surface area contributed by atoms with Gasteiger partial charge in [-0.05, 0) is 36.2 Å². The summed E-state index contributed by atoms with van der Waals surface area (Å²) in [5, 5.41) is 6.12. The van der Waals surface area contributed by atoms with Gasteiger partial charge in [0, 0.05) is 52.4 Å². The van der Waals surface area contributed by atoms with Crippen molar-refractivity contribution in [3.63, 3.8) is 0 Å². The first kappa shape index (κ1) is 24.8. The Kier molecular flexibility index (Phi) is 9.90. The highest BCUT2D eigenvalue weighted by Gasteiger charge is 2.21. The van der Waals surface area contributed by atoms with Crippen LogP contribution in [-0.2, 0) is 6.42 Å². The summed E-state index contributed by atoms with van der Waals surface area (Å²) in [5.41, 5.74) is 2.95. The number of piperazine rings is 1. The minimum absolute atomic E-state index is 0. The van der Waals surface area contributed by atoms with Gasteiger partial charge in [-0.1, -0.05) is 24.3 Å². The van der Waals surface area contributed by atoms with E-state index >= 15 is 0 Å². The number of ether oxygens (including phenoxy) is 1. The largest absolute Gasteiger partial charge is 0.495 e. The van der Waals surface area contributed by atoms with Gasteiger partial charge in [0.2, 0.25) is 0 Å². The van der Waals surface area contributed by atoms with E-state index in [-0.39, 0.29) is 29.9 Å². The van der Waals surface area contributed by atoms with E-state index in [1.807, 2.05) is 49.5 Å². The molecule has 1 saturated heterocycles. The van der Waals surface area contributed by atoms with Crippen molar-refractivity contribution in [2.24, 2.45) is 4.99 Å². The second-order valence-corrected chi connectivity index (χ2v) is 7.15. The van der Waals surface area contributed by atoms with Crippen LogP contribution in [0.15, 0.2) is 53.5 Å². The molecule has 8 heteroatoms. The van der Waals surface area contributed by atoms with E-state index in [0.717, 1.165) is 62.1 Å². The molecule has 0 unspecified atom stereocenters. The summed E-state index contributed by atoms with van der Waals surface area (Å²) in [4.78, 5) is 20.9. The number of hydrogen-bond acceptors (Lipinski definition) is 4. The average Bonchev–Trinajstić information content (AvgIpc) is 2.81. The minimum Gasteiger partial charge on any atom is -0.495 e. The fourth-order valence-corrected chi connectivity index (χ4v) is 3.71. The summed E-state index contributed by atoms with van der Waals surface area (Å²) in [7, 11) is 5.18. The van der Waals surface area contributed by atoms with Crippen LogP contribution >= 0.6 is 24.0 Å². The van der Waals surface area contributed by atoms with Crippen LogP contribution in [0.5, 0.6) is 5.75 Å². The number of benzene rings is 2. The summed E-state index contributed by atoms with van der Waals surface area (Å²) < 4.78 is 5.50. The monoisotopic (exact) mass is 537 g/mol. The van der Waals surface area contributed by atoms with Gasteiger partial charge in [0.25, 0.3) is 5.91 Å². The van der Waals surface area contributed by atoms with Gasteiger partial charge < -0.3 is 25.2 Å². The lowest BCUT2D eigenvalue weighted by Crippen LogP contribution is -2.52. The Morgan fingerprint density at radius 1 is 1.10 bits per heavy atom. The third-order valence-electron chi connectivity index (χ3n) is 5.33. The Bertz CT molecular complexity index is 882. The molecule has 2 aromatic rings. The van der Waals surface area contributed by atoms with Crippen LogP contribution in [0.25, 0.3) is 0 Å². The molecule has 1 heterocycles. The molecule has 2 N–H and O–H groups in total. The van der Waals surface area contributed by atoms with Crippen molar-refractivity contribution in [2.75, 3.05) is 58.8 Å². The number of rotatable bonds is 6. The number of carbonyl (C=O) groups is 1. The molecule has 0 atom stereocenters. The molecule has 1 aliphatic rings. The Morgan fingerprint density at radius 3 is 2.52 bits per heavy atom. The van der Waals surface area contributed by atoms with Gasteiger partial charge in [-0.3, -0.25) is 9.79 Å². The molecule has 7 nitrogen and oxygen atoms in total. The number of para-hydroxylation sites is 2. The predicted octanol–water partition coefficient (Wildman–Crippen LogP) is 2.61. The standard InChI is InChI=1S/C23H31N5O2.HI/c1-24-22(29)19-8-6-7-18(17-19)11-12-26-23(25-2)28-15-13-27(14-16-28)20-9-4-5-10-21(20)30-3;/h4-10,17H,11-16H2,1-3H3,(H,24,29)(H,25,26);1H. The molecule has 2 aromatic carbocycles. The van der Waals surface area contributed by atoms with Crippen molar-refractivity contribution in [2.45, 2.75) is 6.42 Å². The maximum atomic E-state index is 11.8. The molecule has 3 rings (SSSR count). The zero-order chi connectivity index (χ0) is 21.3. The van der Waals surface area contributed by atoms with Gasteiger partial charge in [-0.25, -0.2) is 0 Å². The Hall–Kier alpha value is -2.49. The molecule has 168 valence electrons. The summed E-state index contributed by atoms with van der Waals surface area (Å²) >= 11 is 0. The molecule has 31 heavy (non-hydrogen) atoms. The first-order chi connectivity index (χ1) is 14.7. The molecular formula is C23H32IN5O2. The van der Waals surface area contributed by atoms with Crippen LogP contribution in [0.2, 0.25) is 0 Å². The number of nitrogens with zero attached hydrogens (tertiary/aromatic N) is 3. The fourth-order valence-electron chi connectivity index (χ4n) is 3.71. The van der Waals surface area contributed by atoms with Crippen molar-refractivity contribution in [1.82, 2.24) is 15.5 Å². The highest BCUT2D eigenvalue weighted by atomic mass is 127. The molecule has 1 fully saturated rings. The number of nitrogens with one attached hydrogen (secondary N) is 2. The van der Waals surface area contributed by atoms with Crippen LogP contribution in [0.3, 0.4) is 0 Å². The second kappa shape index (κ2) is 12.4. The van der Waals surface area contributed by atoms with Crippen LogP contribution in [-0.4, -0.2) is 70.7 Å². The van der Waals surface area contributed by atoms with Crippen molar-refractivity contribution >= 4 is 41.5 Å². The van der Waals surface area contributed by atoms with Gasteiger partial charge in [0.1, 0.15) is 5.75 Å². The molecule has 0 bridgehead atoms. The van der Waals surface area contributed by atoms with Crippen LogP contribution in [0.1, 0.15) is 15.9 Å². The van der Waals surface area contributed by atoms with Crippen molar-refractivity contribution in [3.05, 3.63) is 59.7 Å². The summed E-state index contributed by atoms with van der Waals surface area (Å²) in [6.07, 6.45) is 0.824. The van der Waals surface area contributed by atoms with Gasteiger partial charge in [-0.2, -0.15) is 0 Å². The number of guanidine groups is 1. The molecule has 0 saturated carbocycles. The normalized spacial score (nSPS) is 14.0. The van der Waals surface area contributed by atoms with E-state index in [4.69, 9.17) is 4.74 Å². The summed E-state index contributed by atoms with van der Waals surface area (Å²) in [5.74, 6) is 1.76. The number of anilines is 1. The van der Waals surface area contributed by atoms with Crippen LogP contribution in [0, 0.1) is 0 Å². The molecule has 0 spiro atoms. The molecule has 1 aliphatic heterocycles. The highest BCUT2D eigenvalue weighted by Crippen LogP contribution is 2.28. The molecule has 0 radical (unpaired) electrons. The lowest BCUT2D eigenvalue weighted by Gasteiger charge is -2.38. The van der Waals surface area contributed by atoms with Crippen molar-refractivity contribution < 1.29 is 9.53 Å². The molecule has 0 aliphatic carbocycles. The Labute approximate surface area is 201 Å². The highest BCUT2D eigenvalue weighted by molar-refractivity contribution is 14.0. The molecule has 0 aromatic heterocycles. The maximum Gasteiger partial charge on any atom is 0.251 e. The lowest BCUT2D eigenvalue weighted by atomic mass is 10.1. The zero-order valence-electron chi connectivity index (χ0n) is 18.4. The number of methoxy groups -OCH3 is 1. The van der Waals surface area contributed by atoms with Gasteiger partial charge >= 0.3 is 0 Å². The average molecular weight is 537 g/mol. The maximum absolute atomic E-state index is 11.8. The first-order valence-corrected chi connectivity index (χ1v) is 10.3. The number of amides is 1. The molecular weight excluding hydrogens is 505 g/mol. The van der Waals surface area contributed by atoms with E-state index in [0.29, 0.717) is 5.56 Å². The number of halogens is 1. The third-order valence-corrected chi connectivity index (χ3v) is 5.33. The van der Waals surface area contributed by atoms with Crippen LogP contribution in [0.4, 0.5) is 5.69 Å².